The van der Waals surface area contributed by atoms with Gasteiger partial charge in [-0.1, -0.05) is 31.0 Å². The van der Waals surface area contributed by atoms with Crippen molar-refractivity contribution in [1.29, 1.82) is 0 Å². The molecule has 0 saturated heterocycles. The van der Waals surface area contributed by atoms with Gasteiger partial charge in [0.2, 0.25) is 0 Å². The second-order valence-electron chi connectivity index (χ2n) is 12.3. The van der Waals surface area contributed by atoms with Gasteiger partial charge in [0.05, 0.1) is 25.2 Å². The average molecular weight is 649 g/mol. The van der Waals surface area contributed by atoms with E-state index in [4.69, 9.17) is 0 Å². The number of alkyl halides is 3. The molecule has 0 aliphatic heterocycles. The van der Waals surface area contributed by atoms with Crippen molar-refractivity contribution in [2.45, 2.75) is 105 Å². The van der Waals surface area contributed by atoms with Crippen LogP contribution in [0.25, 0.3) is 0 Å². The maximum absolute atomic E-state index is 13.6. The zero-order valence-corrected chi connectivity index (χ0v) is 27.9. The molecule has 12 heteroatoms. The predicted octanol–water partition coefficient (Wildman–Crippen LogP) is 4.99. The number of aryl methyl sites for hydroxylation is 2. The van der Waals surface area contributed by atoms with Crippen LogP contribution in [0.3, 0.4) is 0 Å². The first-order valence-corrected chi connectivity index (χ1v) is 16.3. The van der Waals surface area contributed by atoms with Crippen LogP contribution in [0.1, 0.15) is 81.3 Å². The Bertz CT molecular complexity index is 1700. The second kappa shape index (κ2) is 16.2. The molecule has 0 aliphatic rings. The highest BCUT2D eigenvalue weighted by molar-refractivity contribution is 5.29. The molecule has 0 spiro atoms. The van der Waals surface area contributed by atoms with Gasteiger partial charge in [-0.3, -0.25) is 27.9 Å². The van der Waals surface area contributed by atoms with Gasteiger partial charge in [0.15, 0.2) is 0 Å². The molecule has 2 aromatic heterocycles. The maximum Gasteiger partial charge on any atom is 0.416 e. The van der Waals surface area contributed by atoms with E-state index in [0.29, 0.717) is 73.7 Å². The molecule has 1 aromatic carbocycles. The maximum atomic E-state index is 13.6. The van der Waals surface area contributed by atoms with Crippen molar-refractivity contribution in [3.8, 4) is 0 Å². The molecule has 0 amide bonds. The molecular formula is C34H49F3N5O4+. The van der Waals surface area contributed by atoms with Crippen LogP contribution in [0.2, 0.25) is 0 Å². The Morgan fingerprint density at radius 2 is 1.17 bits per heavy atom. The van der Waals surface area contributed by atoms with Crippen molar-refractivity contribution in [2.24, 2.45) is 7.05 Å². The van der Waals surface area contributed by atoms with E-state index in [1.165, 1.54) is 29.8 Å². The molecule has 0 bridgehead atoms. The van der Waals surface area contributed by atoms with Crippen LogP contribution in [0.15, 0.2) is 55.6 Å². The molecule has 0 atom stereocenters. The van der Waals surface area contributed by atoms with Crippen LogP contribution in [0.4, 0.5) is 13.2 Å². The van der Waals surface area contributed by atoms with Crippen molar-refractivity contribution in [3.63, 3.8) is 0 Å². The topological polar surface area (TPSA) is 88.0 Å². The first-order valence-electron chi connectivity index (χ1n) is 16.3. The van der Waals surface area contributed by atoms with E-state index in [2.05, 4.69) is 0 Å². The highest BCUT2D eigenvalue weighted by Gasteiger charge is 2.35. The van der Waals surface area contributed by atoms with Gasteiger partial charge in [-0.05, 0) is 65.9 Å². The minimum atomic E-state index is -4.39. The Balaban J connectivity index is 1.52. The van der Waals surface area contributed by atoms with Crippen LogP contribution < -0.4 is 22.5 Å². The Hall–Kier alpha value is -3.67. The standard InChI is InChI=1S/C34H49F3N5O4/c1-6-42(7-2,25-28-17-11-12-18-29(28)34(35,36)37)22-16-10-15-21-41-31(44)24-27(4)40(33(41)46)20-14-9-8-13-19-39-26(3)23-30(43)38(5)32(39)45/h11-12,17-18,23-24H,6-10,13-16,19-22,25H2,1-5H3/q+1. The summed E-state index contributed by atoms with van der Waals surface area (Å²) in [5.74, 6) is 0. The molecule has 3 rings (SSSR count). The van der Waals surface area contributed by atoms with Crippen LogP contribution in [-0.2, 0) is 39.4 Å². The molecule has 0 unspecified atom stereocenters. The minimum absolute atomic E-state index is 0.292. The third-order valence-corrected chi connectivity index (χ3v) is 9.29. The Kier molecular flexibility index (Phi) is 13.0. The highest BCUT2D eigenvalue weighted by atomic mass is 19.4. The van der Waals surface area contributed by atoms with E-state index < -0.39 is 11.7 Å². The smallest absolute Gasteiger partial charge is 0.320 e. The number of aromatic nitrogens is 4. The van der Waals surface area contributed by atoms with Gasteiger partial charge >= 0.3 is 17.6 Å². The summed E-state index contributed by atoms with van der Waals surface area (Å²) in [7, 11) is 1.47. The Morgan fingerprint density at radius 1 is 0.674 bits per heavy atom. The molecule has 3 aromatic rings. The summed E-state index contributed by atoms with van der Waals surface area (Å²) in [6.45, 7) is 11.2. The molecule has 2 heterocycles. The van der Waals surface area contributed by atoms with Crippen LogP contribution >= 0.6 is 0 Å². The van der Waals surface area contributed by atoms with Crippen LogP contribution in [-0.4, -0.2) is 42.4 Å². The lowest BCUT2D eigenvalue weighted by Gasteiger charge is -2.37. The lowest BCUT2D eigenvalue weighted by molar-refractivity contribution is -0.938. The quantitative estimate of drug-likeness (QED) is 0.152. The number of quaternary nitrogens is 1. The van der Waals surface area contributed by atoms with E-state index >= 15 is 0 Å². The predicted molar refractivity (Wildman–Crippen MR) is 174 cm³/mol. The lowest BCUT2D eigenvalue weighted by Crippen LogP contribution is -2.48. The van der Waals surface area contributed by atoms with Gasteiger partial charge in [0.1, 0.15) is 6.54 Å². The van der Waals surface area contributed by atoms with Crippen molar-refractivity contribution < 1.29 is 17.7 Å². The summed E-state index contributed by atoms with van der Waals surface area (Å²) in [5, 5.41) is 0. The Labute approximate surface area is 268 Å². The van der Waals surface area contributed by atoms with Crippen molar-refractivity contribution in [3.05, 3.63) is 101 Å². The molecular weight excluding hydrogens is 599 g/mol. The first kappa shape index (κ1) is 36.8. The molecule has 0 fully saturated rings. The molecule has 0 N–H and O–H groups in total. The zero-order valence-electron chi connectivity index (χ0n) is 27.9. The molecule has 254 valence electrons. The van der Waals surface area contributed by atoms with Crippen molar-refractivity contribution >= 4 is 0 Å². The van der Waals surface area contributed by atoms with Gasteiger partial charge < -0.3 is 4.48 Å². The van der Waals surface area contributed by atoms with Gasteiger partial charge in [-0.2, -0.15) is 13.2 Å². The van der Waals surface area contributed by atoms with Gasteiger partial charge in [-0.25, -0.2) is 9.59 Å². The van der Waals surface area contributed by atoms with Crippen LogP contribution in [0, 0.1) is 13.8 Å². The third-order valence-electron chi connectivity index (χ3n) is 9.29. The van der Waals surface area contributed by atoms with E-state index in [9.17, 15) is 32.3 Å². The number of nitrogens with zero attached hydrogens (tertiary/aromatic N) is 5. The average Bonchev–Trinajstić information content (AvgIpc) is 3.00. The highest BCUT2D eigenvalue weighted by Crippen LogP contribution is 2.33. The summed E-state index contributed by atoms with van der Waals surface area (Å²) in [6, 6.07) is 8.73. The van der Waals surface area contributed by atoms with E-state index in [1.807, 2.05) is 13.8 Å². The van der Waals surface area contributed by atoms with Gasteiger partial charge in [-0.15, -0.1) is 0 Å². The van der Waals surface area contributed by atoms with E-state index in [-0.39, 0.29) is 22.5 Å². The molecule has 0 radical (unpaired) electrons. The van der Waals surface area contributed by atoms with E-state index in [0.717, 1.165) is 49.2 Å². The fourth-order valence-electron chi connectivity index (χ4n) is 6.18. The van der Waals surface area contributed by atoms with Gasteiger partial charge in [0.25, 0.3) is 11.1 Å². The second-order valence-corrected chi connectivity index (χ2v) is 12.3. The first-order chi connectivity index (χ1) is 21.7. The number of unbranched alkanes of at least 4 members (excludes halogenated alkanes) is 5. The number of hydrogen-bond acceptors (Lipinski definition) is 4. The number of rotatable bonds is 17. The fourth-order valence-corrected chi connectivity index (χ4v) is 6.18. The minimum Gasteiger partial charge on any atom is -0.320 e. The summed E-state index contributed by atoms with van der Waals surface area (Å²) >= 11 is 0. The molecule has 9 nitrogen and oxygen atoms in total. The monoisotopic (exact) mass is 648 g/mol. The number of hydrogen-bond donors (Lipinski definition) is 0. The normalized spacial score (nSPS) is 12.2. The number of halogens is 3. The van der Waals surface area contributed by atoms with Crippen molar-refractivity contribution in [1.82, 2.24) is 18.3 Å². The Morgan fingerprint density at radius 3 is 1.74 bits per heavy atom. The summed E-state index contributed by atoms with van der Waals surface area (Å²) in [4.78, 5) is 50.1. The SMILES string of the molecule is CC[N+](CC)(CCCCCn1c(=O)cc(C)n(CCCCCCn2c(C)cc(=O)n(C)c2=O)c1=O)Cc1ccccc1C(F)(F)F. The zero-order chi connectivity index (χ0) is 34.1. The van der Waals surface area contributed by atoms with Crippen LogP contribution in [0.5, 0.6) is 0 Å². The lowest BCUT2D eigenvalue weighted by atomic mass is 10.0. The van der Waals surface area contributed by atoms with E-state index in [1.54, 1.807) is 35.1 Å². The molecule has 0 aliphatic carbocycles. The summed E-state index contributed by atoms with van der Waals surface area (Å²) < 4.78 is 47.0. The fraction of sp³-hybridized carbons (Fsp3) is 0.588. The number of benzene rings is 1. The largest absolute Gasteiger partial charge is 0.416 e. The van der Waals surface area contributed by atoms with Crippen molar-refractivity contribution in [2.75, 3.05) is 19.6 Å². The summed E-state index contributed by atoms with van der Waals surface area (Å²) in [6.07, 6.45) is 0.937. The van der Waals surface area contributed by atoms with Gasteiger partial charge in [0, 0.05) is 55.8 Å². The molecule has 46 heavy (non-hydrogen) atoms. The molecule has 0 saturated carbocycles. The summed E-state index contributed by atoms with van der Waals surface area (Å²) in [5.41, 5.74) is -0.316. The third kappa shape index (κ3) is 9.20.